The molecule has 0 aliphatic carbocycles. The number of nitrogens with zero attached hydrogens (tertiary/aromatic N) is 1. The number of nitrogens with two attached hydrogens (primary N) is 1. The number of benzene rings is 1. The lowest BCUT2D eigenvalue weighted by atomic mass is 9.82. The molecule has 0 saturated heterocycles. The Bertz CT molecular complexity index is 759. The van der Waals surface area contributed by atoms with E-state index in [-0.39, 0.29) is 18.1 Å². The SMILES string of the molecule is CCCC1=C(C(=O)OCC)C(c2cccc(OC)c2)C(C#N)=C(N)O1. The summed E-state index contributed by atoms with van der Waals surface area (Å²) in [5, 5.41) is 9.59. The van der Waals surface area contributed by atoms with Crippen molar-refractivity contribution in [3.63, 3.8) is 0 Å². The first-order valence-corrected chi connectivity index (χ1v) is 8.18. The highest BCUT2D eigenvalue weighted by atomic mass is 16.5. The highest BCUT2D eigenvalue weighted by molar-refractivity contribution is 5.92. The summed E-state index contributed by atoms with van der Waals surface area (Å²) < 4.78 is 16.1. The van der Waals surface area contributed by atoms with Crippen LogP contribution in [0, 0.1) is 11.3 Å². The van der Waals surface area contributed by atoms with E-state index in [1.54, 1.807) is 32.2 Å². The third-order valence-electron chi connectivity index (χ3n) is 3.90. The molecule has 0 saturated carbocycles. The summed E-state index contributed by atoms with van der Waals surface area (Å²) in [6.45, 7) is 3.94. The van der Waals surface area contributed by atoms with Gasteiger partial charge >= 0.3 is 5.97 Å². The average Bonchev–Trinajstić information content (AvgIpc) is 2.61. The van der Waals surface area contributed by atoms with Gasteiger partial charge in [0.1, 0.15) is 23.2 Å². The molecule has 1 unspecified atom stereocenters. The van der Waals surface area contributed by atoms with Crippen molar-refractivity contribution in [3.05, 3.63) is 52.6 Å². The summed E-state index contributed by atoms with van der Waals surface area (Å²) in [6.07, 6.45) is 1.28. The molecule has 1 atom stereocenters. The lowest BCUT2D eigenvalue weighted by Crippen LogP contribution is -2.26. The Morgan fingerprint density at radius 3 is 2.76 bits per heavy atom. The maximum absolute atomic E-state index is 12.6. The highest BCUT2D eigenvalue weighted by Gasteiger charge is 2.37. The molecule has 2 rings (SSSR count). The van der Waals surface area contributed by atoms with Crippen LogP contribution < -0.4 is 10.5 Å². The molecule has 0 spiro atoms. The van der Waals surface area contributed by atoms with E-state index in [1.807, 2.05) is 13.0 Å². The molecule has 0 radical (unpaired) electrons. The van der Waals surface area contributed by atoms with E-state index in [1.165, 1.54) is 0 Å². The lowest BCUT2D eigenvalue weighted by molar-refractivity contribution is -0.139. The molecule has 1 aromatic carbocycles. The van der Waals surface area contributed by atoms with Crippen LogP contribution in [-0.2, 0) is 14.3 Å². The third kappa shape index (κ3) is 3.77. The molecule has 132 valence electrons. The Balaban J connectivity index is 2.66. The van der Waals surface area contributed by atoms with Crippen LogP contribution in [0.25, 0.3) is 0 Å². The Labute approximate surface area is 147 Å². The second-order valence-electron chi connectivity index (χ2n) is 5.51. The molecular weight excluding hydrogens is 320 g/mol. The topological polar surface area (TPSA) is 94.6 Å². The van der Waals surface area contributed by atoms with Gasteiger partial charge in [-0.05, 0) is 31.0 Å². The minimum atomic E-state index is -0.644. The summed E-state index contributed by atoms with van der Waals surface area (Å²) in [5.74, 6) is -0.0503. The van der Waals surface area contributed by atoms with E-state index < -0.39 is 11.9 Å². The zero-order valence-electron chi connectivity index (χ0n) is 14.7. The Morgan fingerprint density at radius 1 is 1.40 bits per heavy atom. The molecule has 1 aliphatic rings. The number of hydrogen-bond donors (Lipinski definition) is 1. The first kappa shape index (κ1) is 18.4. The van der Waals surface area contributed by atoms with Crippen molar-refractivity contribution in [2.75, 3.05) is 13.7 Å². The van der Waals surface area contributed by atoms with Crippen LogP contribution in [0.4, 0.5) is 0 Å². The van der Waals surface area contributed by atoms with E-state index in [9.17, 15) is 10.1 Å². The minimum absolute atomic E-state index is 0.0202. The molecule has 0 amide bonds. The number of esters is 1. The van der Waals surface area contributed by atoms with Gasteiger partial charge in [0.05, 0.1) is 25.2 Å². The molecule has 6 nitrogen and oxygen atoms in total. The lowest BCUT2D eigenvalue weighted by Gasteiger charge is -2.28. The molecule has 2 N–H and O–H groups in total. The van der Waals surface area contributed by atoms with Gasteiger partial charge in [0.2, 0.25) is 5.88 Å². The first-order chi connectivity index (χ1) is 12.1. The number of allylic oxidation sites excluding steroid dienone is 2. The highest BCUT2D eigenvalue weighted by Crippen LogP contribution is 2.41. The fourth-order valence-electron chi connectivity index (χ4n) is 2.82. The summed E-state index contributed by atoms with van der Waals surface area (Å²) in [7, 11) is 1.56. The predicted molar refractivity (Wildman–Crippen MR) is 92.2 cm³/mol. The monoisotopic (exact) mass is 342 g/mol. The normalized spacial score (nSPS) is 17.0. The summed E-state index contributed by atoms with van der Waals surface area (Å²) in [6, 6.07) is 9.28. The number of carbonyl (C=O) groups is 1. The van der Waals surface area contributed by atoms with Gasteiger partial charge in [-0.3, -0.25) is 0 Å². The molecular formula is C19H22N2O4. The van der Waals surface area contributed by atoms with Gasteiger partial charge in [0.25, 0.3) is 0 Å². The van der Waals surface area contributed by atoms with Crippen LogP contribution in [0.3, 0.4) is 0 Å². The van der Waals surface area contributed by atoms with Gasteiger partial charge in [-0.1, -0.05) is 19.1 Å². The summed E-state index contributed by atoms with van der Waals surface area (Å²) in [5.41, 5.74) is 7.20. The Morgan fingerprint density at radius 2 is 2.16 bits per heavy atom. The molecule has 0 aromatic heterocycles. The zero-order valence-corrected chi connectivity index (χ0v) is 14.7. The number of ether oxygens (including phenoxy) is 3. The Kier molecular flexibility index (Phi) is 6.07. The van der Waals surface area contributed by atoms with Gasteiger partial charge in [-0.25, -0.2) is 4.79 Å². The van der Waals surface area contributed by atoms with Crippen molar-refractivity contribution in [1.29, 1.82) is 5.26 Å². The van der Waals surface area contributed by atoms with Crippen molar-refractivity contribution in [1.82, 2.24) is 0 Å². The molecule has 25 heavy (non-hydrogen) atoms. The van der Waals surface area contributed by atoms with Crippen molar-refractivity contribution in [2.45, 2.75) is 32.6 Å². The number of nitriles is 1. The third-order valence-corrected chi connectivity index (χ3v) is 3.90. The van der Waals surface area contributed by atoms with E-state index >= 15 is 0 Å². The number of carbonyl (C=O) groups excluding carboxylic acids is 1. The van der Waals surface area contributed by atoms with Crippen LogP contribution in [0.1, 0.15) is 38.2 Å². The Hall–Kier alpha value is -2.94. The zero-order chi connectivity index (χ0) is 18.4. The van der Waals surface area contributed by atoms with Crippen molar-refractivity contribution in [3.8, 4) is 11.8 Å². The maximum Gasteiger partial charge on any atom is 0.338 e. The van der Waals surface area contributed by atoms with E-state index in [4.69, 9.17) is 19.9 Å². The summed E-state index contributed by atoms with van der Waals surface area (Å²) in [4.78, 5) is 12.6. The average molecular weight is 342 g/mol. The maximum atomic E-state index is 12.6. The molecule has 0 bridgehead atoms. The largest absolute Gasteiger partial charge is 0.497 e. The van der Waals surface area contributed by atoms with Crippen LogP contribution in [0.2, 0.25) is 0 Å². The number of methoxy groups -OCH3 is 1. The second kappa shape index (κ2) is 8.25. The van der Waals surface area contributed by atoms with Gasteiger partial charge in [0.15, 0.2) is 0 Å². The van der Waals surface area contributed by atoms with Gasteiger partial charge in [0, 0.05) is 6.42 Å². The van der Waals surface area contributed by atoms with Gasteiger partial charge < -0.3 is 19.9 Å². The van der Waals surface area contributed by atoms with Crippen molar-refractivity contribution in [2.24, 2.45) is 5.73 Å². The number of hydrogen-bond acceptors (Lipinski definition) is 6. The molecule has 0 fully saturated rings. The van der Waals surface area contributed by atoms with Crippen LogP contribution in [0.5, 0.6) is 5.75 Å². The van der Waals surface area contributed by atoms with E-state index in [0.717, 1.165) is 12.0 Å². The quantitative estimate of drug-likeness (QED) is 0.798. The first-order valence-electron chi connectivity index (χ1n) is 8.18. The fraction of sp³-hybridized carbons (Fsp3) is 0.368. The van der Waals surface area contributed by atoms with Gasteiger partial charge in [-0.15, -0.1) is 0 Å². The second-order valence-corrected chi connectivity index (χ2v) is 5.51. The molecule has 1 heterocycles. The molecule has 1 aromatic rings. The van der Waals surface area contributed by atoms with Gasteiger partial charge in [-0.2, -0.15) is 5.26 Å². The van der Waals surface area contributed by atoms with Crippen LogP contribution >= 0.6 is 0 Å². The van der Waals surface area contributed by atoms with E-state index in [0.29, 0.717) is 23.5 Å². The minimum Gasteiger partial charge on any atom is -0.497 e. The summed E-state index contributed by atoms with van der Waals surface area (Å²) >= 11 is 0. The number of rotatable bonds is 6. The molecule has 6 heteroatoms. The smallest absolute Gasteiger partial charge is 0.338 e. The van der Waals surface area contributed by atoms with E-state index in [2.05, 4.69) is 6.07 Å². The van der Waals surface area contributed by atoms with Crippen molar-refractivity contribution >= 4 is 5.97 Å². The predicted octanol–water partition coefficient (Wildman–Crippen LogP) is 3.12. The van der Waals surface area contributed by atoms with Crippen molar-refractivity contribution < 1.29 is 19.0 Å². The fourth-order valence-corrected chi connectivity index (χ4v) is 2.82. The molecule has 1 aliphatic heterocycles. The standard InChI is InChI=1S/C19H22N2O4/c1-4-7-15-17(19(22)24-5-2)16(14(11-20)18(21)25-15)12-8-6-9-13(10-12)23-3/h6,8-10,16H,4-5,7,21H2,1-3H3. The van der Waals surface area contributed by atoms with Crippen LogP contribution in [0.15, 0.2) is 47.1 Å². The van der Waals surface area contributed by atoms with Crippen LogP contribution in [-0.4, -0.2) is 19.7 Å².